The van der Waals surface area contributed by atoms with E-state index in [1.165, 1.54) is 12.1 Å². The van der Waals surface area contributed by atoms with Gasteiger partial charge in [-0.1, -0.05) is 12.1 Å². The maximum absolute atomic E-state index is 11.8. The molecule has 1 aromatic carbocycles. The second-order valence-corrected chi connectivity index (χ2v) is 4.45. The molecular formula is C12H15N3O4. The number of nitrogens with zero attached hydrogens (tertiary/aromatic N) is 1. The van der Waals surface area contributed by atoms with Gasteiger partial charge in [-0.05, 0) is 5.56 Å². The van der Waals surface area contributed by atoms with E-state index >= 15 is 0 Å². The number of rotatable bonds is 4. The summed E-state index contributed by atoms with van der Waals surface area (Å²) in [5.41, 5.74) is 6.42. The van der Waals surface area contributed by atoms with E-state index < -0.39 is 4.92 Å². The fourth-order valence-electron chi connectivity index (χ4n) is 1.94. The second-order valence-electron chi connectivity index (χ2n) is 4.45. The number of nitro benzene ring substituents is 1. The summed E-state index contributed by atoms with van der Waals surface area (Å²) in [7, 11) is 0. The zero-order valence-corrected chi connectivity index (χ0v) is 10.2. The third-order valence-electron chi connectivity index (χ3n) is 3.05. The van der Waals surface area contributed by atoms with E-state index in [-0.39, 0.29) is 30.1 Å². The van der Waals surface area contributed by atoms with Crippen LogP contribution in [0.15, 0.2) is 24.3 Å². The highest BCUT2D eigenvalue weighted by Gasteiger charge is 2.31. The minimum Gasteiger partial charge on any atom is -0.379 e. The predicted octanol–water partition coefficient (Wildman–Crippen LogP) is 0.185. The van der Waals surface area contributed by atoms with Crippen molar-refractivity contribution in [1.82, 2.24) is 5.32 Å². The standard InChI is InChI=1S/C12H15N3O4/c13-11-7-19-6-10(11)12(16)14-5-8-2-1-3-9(4-8)15(17)18/h1-4,10-11H,5-7,13H2,(H,14,16). The molecule has 0 aromatic heterocycles. The van der Waals surface area contributed by atoms with Gasteiger partial charge in [-0.2, -0.15) is 0 Å². The fourth-order valence-corrected chi connectivity index (χ4v) is 1.94. The van der Waals surface area contributed by atoms with E-state index in [2.05, 4.69) is 5.32 Å². The van der Waals surface area contributed by atoms with Gasteiger partial charge in [-0.25, -0.2) is 0 Å². The molecule has 1 saturated heterocycles. The summed E-state index contributed by atoms with van der Waals surface area (Å²) in [5.74, 6) is -0.532. The monoisotopic (exact) mass is 265 g/mol. The molecule has 2 atom stereocenters. The Morgan fingerprint density at radius 3 is 2.95 bits per heavy atom. The number of nitrogens with one attached hydrogen (secondary N) is 1. The van der Waals surface area contributed by atoms with Gasteiger partial charge in [0.1, 0.15) is 0 Å². The molecule has 0 radical (unpaired) electrons. The Balaban J connectivity index is 1.93. The van der Waals surface area contributed by atoms with Crippen LogP contribution in [0.3, 0.4) is 0 Å². The highest BCUT2D eigenvalue weighted by molar-refractivity contribution is 5.79. The zero-order valence-electron chi connectivity index (χ0n) is 10.2. The summed E-state index contributed by atoms with van der Waals surface area (Å²) in [5, 5.41) is 13.3. The van der Waals surface area contributed by atoms with Gasteiger partial charge < -0.3 is 15.8 Å². The Morgan fingerprint density at radius 1 is 1.53 bits per heavy atom. The average molecular weight is 265 g/mol. The van der Waals surface area contributed by atoms with Gasteiger partial charge in [-0.15, -0.1) is 0 Å². The van der Waals surface area contributed by atoms with Crippen LogP contribution < -0.4 is 11.1 Å². The van der Waals surface area contributed by atoms with Crippen molar-refractivity contribution in [3.8, 4) is 0 Å². The molecule has 1 aromatic rings. The lowest BCUT2D eigenvalue weighted by molar-refractivity contribution is -0.384. The van der Waals surface area contributed by atoms with Gasteiger partial charge in [0, 0.05) is 24.7 Å². The van der Waals surface area contributed by atoms with Crippen molar-refractivity contribution < 1.29 is 14.5 Å². The first-order valence-electron chi connectivity index (χ1n) is 5.92. The van der Waals surface area contributed by atoms with Gasteiger partial charge in [-0.3, -0.25) is 14.9 Å². The number of carbonyl (C=O) groups is 1. The molecule has 0 bridgehead atoms. The normalized spacial score (nSPS) is 22.2. The third-order valence-corrected chi connectivity index (χ3v) is 3.05. The predicted molar refractivity (Wildman–Crippen MR) is 67.2 cm³/mol. The molecule has 1 aliphatic heterocycles. The highest BCUT2D eigenvalue weighted by atomic mass is 16.6. The van der Waals surface area contributed by atoms with Crippen molar-refractivity contribution in [1.29, 1.82) is 0 Å². The molecule has 7 heteroatoms. The first-order valence-corrected chi connectivity index (χ1v) is 5.92. The van der Waals surface area contributed by atoms with E-state index in [1.807, 2.05) is 0 Å². The number of benzene rings is 1. The molecule has 0 spiro atoms. The molecule has 2 rings (SSSR count). The lowest BCUT2D eigenvalue weighted by atomic mass is 10.0. The minimum atomic E-state index is -0.466. The number of hydrogen-bond acceptors (Lipinski definition) is 5. The Bertz CT molecular complexity index is 492. The van der Waals surface area contributed by atoms with Gasteiger partial charge in [0.25, 0.3) is 5.69 Å². The van der Waals surface area contributed by atoms with Crippen molar-refractivity contribution in [2.75, 3.05) is 13.2 Å². The maximum Gasteiger partial charge on any atom is 0.269 e. The molecule has 1 amide bonds. The largest absolute Gasteiger partial charge is 0.379 e. The van der Waals surface area contributed by atoms with Gasteiger partial charge in [0.15, 0.2) is 0 Å². The number of amides is 1. The average Bonchev–Trinajstić information content (AvgIpc) is 2.82. The summed E-state index contributed by atoms with van der Waals surface area (Å²) < 4.78 is 5.12. The molecule has 19 heavy (non-hydrogen) atoms. The second kappa shape index (κ2) is 5.77. The Hall–Kier alpha value is -1.99. The smallest absolute Gasteiger partial charge is 0.269 e. The van der Waals surface area contributed by atoms with Crippen molar-refractivity contribution in [3.05, 3.63) is 39.9 Å². The SMILES string of the molecule is NC1COCC1C(=O)NCc1cccc([N+](=O)[O-])c1. The number of nitrogens with two attached hydrogens (primary N) is 1. The summed E-state index contributed by atoms with van der Waals surface area (Å²) in [4.78, 5) is 22.0. The molecule has 102 valence electrons. The molecule has 7 nitrogen and oxygen atoms in total. The van der Waals surface area contributed by atoms with Crippen LogP contribution in [0.25, 0.3) is 0 Å². The van der Waals surface area contributed by atoms with Crippen LogP contribution in [-0.2, 0) is 16.1 Å². The quantitative estimate of drug-likeness (QED) is 0.596. The van der Waals surface area contributed by atoms with E-state index in [9.17, 15) is 14.9 Å². The van der Waals surface area contributed by atoms with E-state index in [4.69, 9.17) is 10.5 Å². The third kappa shape index (κ3) is 3.27. The summed E-state index contributed by atoms with van der Waals surface area (Å²) in [6.45, 7) is 0.945. The lowest BCUT2D eigenvalue weighted by Crippen LogP contribution is -2.40. The van der Waals surface area contributed by atoms with Crippen LogP contribution in [-0.4, -0.2) is 30.1 Å². The lowest BCUT2D eigenvalue weighted by Gasteiger charge is -2.13. The van der Waals surface area contributed by atoms with Crippen molar-refractivity contribution in [2.24, 2.45) is 11.7 Å². The fraction of sp³-hybridized carbons (Fsp3) is 0.417. The van der Waals surface area contributed by atoms with E-state index in [1.54, 1.807) is 12.1 Å². The highest BCUT2D eigenvalue weighted by Crippen LogP contribution is 2.14. The van der Waals surface area contributed by atoms with Crippen LogP contribution in [0.5, 0.6) is 0 Å². The van der Waals surface area contributed by atoms with Gasteiger partial charge in [0.2, 0.25) is 5.91 Å². The maximum atomic E-state index is 11.8. The van der Waals surface area contributed by atoms with Crippen LogP contribution in [0.4, 0.5) is 5.69 Å². The number of non-ortho nitro benzene ring substituents is 1. The summed E-state index contributed by atoms with van der Waals surface area (Å²) in [6, 6.07) is 5.87. The van der Waals surface area contributed by atoms with Gasteiger partial charge in [0.05, 0.1) is 24.1 Å². The first kappa shape index (κ1) is 13.4. The van der Waals surface area contributed by atoms with Crippen LogP contribution in [0, 0.1) is 16.0 Å². The van der Waals surface area contributed by atoms with Gasteiger partial charge >= 0.3 is 0 Å². The molecular weight excluding hydrogens is 250 g/mol. The van der Waals surface area contributed by atoms with E-state index in [0.717, 1.165) is 0 Å². The van der Waals surface area contributed by atoms with Crippen LogP contribution in [0.2, 0.25) is 0 Å². The molecule has 3 N–H and O–H groups in total. The number of carbonyl (C=O) groups excluding carboxylic acids is 1. The number of ether oxygens (including phenoxy) is 1. The Kier molecular flexibility index (Phi) is 4.08. The summed E-state index contributed by atoms with van der Waals surface area (Å²) in [6.07, 6.45) is 0. The number of nitro groups is 1. The molecule has 0 aliphatic carbocycles. The Morgan fingerprint density at radius 2 is 2.32 bits per heavy atom. The Labute approximate surface area is 109 Å². The summed E-state index contributed by atoms with van der Waals surface area (Å²) >= 11 is 0. The molecule has 1 heterocycles. The van der Waals surface area contributed by atoms with Crippen molar-refractivity contribution in [2.45, 2.75) is 12.6 Å². The molecule has 0 saturated carbocycles. The molecule has 1 aliphatic rings. The zero-order chi connectivity index (χ0) is 13.8. The minimum absolute atomic E-state index is 0.00708. The van der Waals surface area contributed by atoms with E-state index in [0.29, 0.717) is 18.8 Å². The van der Waals surface area contributed by atoms with Crippen molar-refractivity contribution in [3.63, 3.8) is 0 Å². The van der Waals surface area contributed by atoms with Crippen LogP contribution >= 0.6 is 0 Å². The molecule has 1 fully saturated rings. The topological polar surface area (TPSA) is 107 Å². The van der Waals surface area contributed by atoms with Crippen molar-refractivity contribution >= 4 is 11.6 Å². The number of hydrogen-bond donors (Lipinski definition) is 2. The molecule has 2 unspecified atom stereocenters. The van der Waals surface area contributed by atoms with Crippen LogP contribution in [0.1, 0.15) is 5.56 Å². The first-order chi connectivity index (χ1) is 9.08.